The number of aromatic hydroxyl groups is 2. The minimum atomic E-state index is -1.62. The van der Waals surface area contributed by atoms with Gasteiger partial charge in [0.25, 0.3) is 0 Å². The summed E-state index contributed by atoms with van der Waals surface area (Å²) in [6.07, 6.45) is 18.0. The number of rotatable bonds is 12. The normalized spacial score (nSPS) is 33.4. The van der Waals surface area contributed by atoms with Gasteiger partial charge in [-0.3, -0.25) is 10.1 Å². The van der Waals surface area contributed by atoms with Gasteiger partial charge in [0.05, 0.1) is 36.2 Å². The number of allylic oxidation sites excluding steroid dienone is 5. The number of nitrogens with one attached hydrogen (secondary N) is 3. The van der Waals surface area contributed by atoms with Crippen molar-refractivity contribution in [2.45, 2.75) is 203 Å². The molecule has 0 radical (unpaired) electrons. The highest BCUT2D eigenvalue weighted by Gasteiger charge is 2.60. The molecule has 6 bridgehead atoms. The van der Waals surface area contributed by atoms with Crippen molar-refractivity contribution in [1.82, 2.24) is 16.0 Å². The largest absolute Gasteiger partial charge is 0.508 e. The SMILES string of the molecule is C/C=C(\C(=O)O[C@@H]1Cc2c3c(c4oc(CO)cc(=O)c4c2O)[C@H]2C4=CCNC(N)=C4[C@@H](CCc4ccc(O)cc4[C@H]2CO)[C@H]2CCC4=CC(NCC)NC=C4C[C@@H]2[C@]1(C)O3)[C@]1(O)C[C@@H]2C[C@H]1C[C@H]1C[C@@H](C[C@H](O)C[C@H](C)C3CCCCC3)[C@H](O)c3cccc2c31. The van der Waals surface area contributed by atoms with Crippen molar-refractivity contribution in [3.8, 4) is 17.2 Å². The molecule has 480 valence electrons. The smallest absolute Gasteiger partial charge is 0.337 e. The van der Waals surface area contributed by atoms with Crippen molar-refractivity contribution in [2.75, 3.05) is 19.7 Å². The lowest BCUT2D eigenvalue weighted by Gasteiger charge is -2.52. The Morgan fingerprint density at radius 3 is 2.54 bits per heavy atom. The van der Waals surface area contributed by atoms with Crippen molar-refractivity contribution in [3.05, 3.63) is 156 Å². The zero-order valence-corrected chi connectivity index (χ0v) is 52.6. The molecule has 0 amide bonds. The average Bonchev–Trinajstić information content (AvgIpc) is 1.02. The van der Waals surface area contributed by atoms with E-state index in [0.717, 1.165) is 45.5 Å². The first-order chi connectivity index (χ1) is 43.4. The van der Waals surface area contributed by atoms with Crippen LogP contribution in [0.25, 0.3) is 11.0 Å². The number of hydrogen-bond acceptors (Lipinski definition) is 16. The van der Waals surface area contributed by atoms with E-state index < -0.39 is 77.6 Å². The molecule has 90 heavy (non-hydrogen) atoms. The van der Waals surface area contributed by atoms with Crippen LogP contribution in [-0.2, 0) is 29.0 Å². The summed E-state index contributed by atoms with van der Waals surface area (Å²) in [6.45, 7) is 8.18. The van der Waals surface area contributed by atoms with Crippen LogP contribution in [0.2, 0.25) is 0 Å². The zero-order valence-electron chi connectivity index (χ0n) is 52.6. The first-order valence-electron chi connectivity index (χ1n) is 33.9. The highest BCUT2D eigenvalue weighted by atomic mass is 16.6. The summed E-state index contributed by atoms with van der Waals surface area (Å²) >= 11 is 0. The predicted molar refractivity (Wildman–Crippen MR) is 342 cm³/mol. The number of ether oxygens (including phenoxy) is 2. The van der Waals surface area contributed by atoms with Crippen molar-refractivity contribution in [3.63, 3.8) is 0 Å². The number of aryl methyl sites for hydroxylation is 1. The molecule has 16 nitrogen and oxygen atoms in total. The number of aliphatic hydroxyl groups excluding tert-OH is 4. The molecule has 5 heterocycles. The van der Waals surface area contributed by atoms with Gasteiger partial charge < -0.3 is 66.0 Å². The van der Waals surface area contributed by atoms with E-state index in [1.54, 1.807) is 25.1 Å². The molecule has 12 N–H and O–H groups in total. The molecule has 1 aromatic heterocycles. The number of benzene rings is 3. The number of phenolic OH excluding ortho intramolecular Hbond substituents is 2. The lowest BCUT2D eigenvalue weighted by atomic mass is 9.61. The second-order valence-corrected chi connectivity index (χ2v) is 28.8. The van der Waals surface area contributed by atoms with Gasteiger partial charge in [0, 0.05) is 54.1 Å². The molecule has 16 atom stereocenters. The van der Waals surface area contributed by atoms with Crippen molar-refractivity contribution < 1.29 is 54.4 Å². The Morgan fingerprint density at radius 2 is 1.77 bits per heavy atom. The molecule has 4 aromatic rings. The molecule has 3 saturated carbocycles. The van der Waals surface area contributed by atoms with E-state index in [2.05, 4.69) is 54.2 Å². The van der Waals surface area contributed by atoms with Gasteiger partial charge in [0.1, 0.15) is 58.1 Å². The van der Waals surface area contributed by atoms with Crippen LogP contribution in [0.5, 0.6) is 17.2 Å². The van der Waals surface area contributed by atoms with Gasteiger partial charge in [-0.15, -0.1) is 0 Å². The summed E-state index contributed by atoms with van der Waals surface area (Å²) in [5.41, 5.74) is 13.2. The van der Waals surface area contributed by atoms with Gasteiger partial charge in [-0.1, -0.05) is 82.4 Å². The summed E-state index contributed by atoms with van der Waals surface area (Å²) in [6, 6.07) is 12.7. The van der Waals surface area contributed by atoms with E-state index in [-0.39, 0.29) is 93.9 Å². The molecule has 3 fully saturated rings. The van der Waals surface area contributed by atoms with Crippen LogP contribution in [0.4, 0.5) is 0 Å². The minimum Gasteiger partial charge on any atom is -0.508 e. The van der Waals surface area contributed by atoms with Crippen LogP contribution in [0, 0.1) is 41.4 Å². The molecule has 0 saturated heterocycles. The molecule has 6 aliphatic carbocycles. The second-order valence-electron chi connectivity index (χ2n) is 28.8. The van der Waals surface area contributed by atoms with E-state index in [1.165, 1.54) is 43.7 Å². The third kappa shape index (κ3) is 10.1. The van der Waals surface area contributed by atoms with Gasteiger partial charge in [-0.05, 0) is 207 Å². The highest BCUT2D eigenvalue weighted by molar-refractivity contribution is 5.93. The number of esters is 1. The first kappa shape index (κ1) is 61.1. The lowest BCUT2D eigenvalue weighted by Crippen LogP contribution is -2.59. The molecule has 3 aromatic carbocycles. The number of carbonyl (C=O) groups is 1. The molecule has 16 heteroatoms. The van der Waals surface area contributed by atoms with Gasteiger partial charge in [-0.25, -0.2) is 4.79 Å². The number of hydrogen-bond donors (Lipinski definition) is 11. The fourth-order valence-corrected chi connectivity index (χ4v) is 19.9. The summed E-state index contributed by atoms with van der Waals surface area (Å²) in [4.78, 5) is 30.8. The Kier molecular flexibility index (Phi) is 16.3. The van der Waals surface area contributed by atoms with Crippen LogP contribution in [-0.4, -0.2) is 91.0 Å². The van der Waals surface area contributed by atoms with Gasteiger partial charge >= 0.3 is 5.97 Å². The zero-order chi connectivity index (χ0) is 62.7. The minimum absolute atomic E-state index is 0.0160. The molecule has 4 aliphatic heterocycles. The number of fused-ring (bicyclic) bond motifs is 12. The third-order valence-electron chi connectivity index (χ3n) is 24.1. The summed E-state index contributed by atoms with van der Waals surface area (Å²) in [7, 11) is 0. The van der Waals surface area contributed by atoms with Crippen LogP contribution in [0.3, 0.4) is 0 Å². The monoisotopic (exact) mass is 1230 g/mol. The molecular formula is C74H92N4O12. The maximum atomic E-state index is 16.1. The fourth-order valence-electron chi connectivity index (χ4n) is 19.9. The Bertz CT molecular complexity index is 3730. The van der Waals surface area contributed by atoms with E-state index >= 15 is 4.79 Å². The van der Waals surface area contributed by atoms with Gasteiger partial charge in [-0.2, -0.15) is 0 Å². The maximum absolute atomic E-state index is 16.1. The van der Waals surface area contributed by atoms with Crippen molar-refractivity contribution in [1.29, 1.82) is 0 Å². The Labute approximate surface area is 527 Å². The number of dihydropyridines is 2. The number of carbonyl (C=O) groups excluding carboxylic acids is 1. The number of phenols is 2. The average molecular weight is 1230 g/mol. The van der Waals surface area contributed by atoms with E-state index in [4.69, 9.17) is 19.6 Å². The molecule has 1 unspecified atom stereocenters. The molecule has 0 spiro atoms. The molecule has 10 aliphatic rings. The quantitative estimate of drug-likeness (QED) is 0.0465. The number of nitrogens with two attached hydrogens (primary N) is 1. The van der Waals surface area contributed by atoms with Crippen molar-refractivity contribution in [2.24, 2.45) is 47.2 Å². The van der Waals surface area contributed by atoms with E-state index in [0.29, 0.717) is 99.5 Å². The first-order valence-corrected chi connectivity index (χ1v) is 33.9. The standard InChI is InChI=1S/C74H92N4O12/c1-5-57(74(87)33-43-26-45(74)25-41-24-42(67(84)53-14-10-13-49(43)62(41)53)27-47(82)23-37(3)38-11-8-7-9-12-38)72(86)89-60-32-55-68(85)65-59(83)31-48(35-79)88-70(65)66-63-52-21-22-77-71(75)64(52)51(20-16-39-15-18-46(81)30-54(39)56(63)36-80)50-19-17-40-29-61(76-6-2)78-34-44(40)28-58(50)73(60,4)90-69(55)66/h5,10,13-15,18,21,29-31,34,37-38,41-43,45,47,50-51,56,58,60-61,63,67,76-82,84-85,87H,6-9,11-12,16-17,19-20,22-28,32-33,35-36,75H2,1-4H3/b57-5+/t37-,41+,42-,43-,45+,47+,50+,51-,56+,58-,60+,61?,63-,67-,73-,74-/m0/s1. The Balaban J connectivity index is 0.893. The van der Waals surface area contributed by atoms with Gasteiger partial charge in [0.2, 0.25) is 0 Å². The van der Waals surface area contributed by atoms with Crippen LogP contribution < -0.4 is 31.8 Å². The lowest BCUT2D eigenvalue weighted by molar-refractivity contribution is -0.171. The number of aliphatic hydroxyl groups is 5. The molecular weight excluding hydrogens is 1140 g/mol. The number of likely N-dealkylation sites (N-methyl/N-ethyl adjacent to an activating group) is 1. The van der Waals surface area contributed by atoms with E-state index in [9.17, 15) is 40.5 Å². The Morgan fingerprint density at radius 1 is 0.967 bits per heavy atom. The van der Waals surface area contributed by atoms with E-state index in [1.807, 2.05) is 25.1 Å². The van der Waals surface area contributed by atoms with Crippen LogP contribution in [0.1, 0.15) is 198 Å². The summed E-state index contributed by atoms with van der Waals surface area (Å²) in [5, 5.41) is 95.2. The molecule has 14 rings (SSSR count). The highest BCUT2D eigenvalue weighted by Crippen LogP contribution is 2.63. The third-order valence-corrected chi connectivity index (χ3v) is 24.1. The Hall–Kier alpha value is -6.40. The summed E-state index contributed by atoms with van der Waals surface area (Å²) in [5.74, 6) is -2.77. The predicted octanol–water partition coefficient (Wildman–Crippen LogP) is 9.97. The second kappa shape index (κ2) is 23.9. The van der Waals surface area contributed by atoms with Crippen LogP contribution in [0.15, 0.2) is 110 Å². The van der Waals surface area contributed by atoms with Crippen LogP contribution >= 0.6 is 0 Å². The summed E-state index contributed by atoms with van der Waals surface area (Å²) < 4.78 is 21.7. The fraction of sp³-hybridized carbons (Fsp3) is 0.568. The maximum Gasteiger partial charge on any atom is 0.337 e. The topological polar surface area (TPSA) is 269 Å². The van der Waals surface area contributed by atoms with Crippen molar-refractivity contribution >= 4 is 16.9 Å². The van der Waals surface area contributed by atoms with Gasteiger partial charge in [0.15, 0.2) is 5.43 Å².